The summed E-state index contributed by atoms with van der Waals surface area (Å²) in [6.45, 7) is 1.46. The van der Waals surface area contributed by atoms with E-state index in [2.05, 4.69) is 10.3 Å². The second-order valence-electron chi connectivity index (χ2n) is 7.39. The lowest BCUT2D eigenvalue weighted by Gasteiger charge is -2.32. The zero-order chi connectivity index (χ0) is 21.5. The molecular formula is C22H20ClF3N2O2. The van der Waals surface area contributed by atoms with Crippen molar-refractivity contribution < 1.29 is 23.0 Å². The number of methoxy groups -OCH3 is 1. The van der Waals surface area contributed by atoms with E-state index in [0.717, 1.165) is 25.2 Å². The Kier molecular flexibility index (Phi) is 5.61. The van der Waals surface area contributed by atoms with Gasteiger partial charge >= 0.3 is 6.18 Å². The van der Waals surface area contributed by atoms with Crippen molar-refractivity contribution in [2.75, 3.05) is 20.2 Å². The lowest BCUT2D eigenvalue weighted by Crippen LogP contribution is -2.45. The van der Waals surface area contributed by atoms with Crippen molar-refractivity contribution in [2.24, 2.45) is 5.92 Å². The molecule has 8 heteroatoms. The van der Waals surface area contributed by atoms with Gasteiger partial charge in [-0.1, -0.05) is 41.9 Å². The molecule has 2 N–H and O–H groups in total. The van der Waals surface area contributed by atoms with E-state index >= 15 is 0 Å². The normalized spacial score (nSPS) is 15.8. The molecule has 0 radical (unpaired) electrons. The number of halogens is 4. The van der Waals surface area contributed by atoms with E-state index < -0.39 is 17.8 Å². The van der Waals surface area contributed by atoms with E-state index in [0.29, 0.717) is 38.5 Å². The van der Waals surface area contributed by atoms with E-state index in [4.69, 9.17) is 16.3 Å². The van der Waals surface area contributed by atoms with Gasteiger partial charge in [0, 0.05) is 41.9 Å². The Morgan fingerprint density at radius 3 is 2.47 bits per heavy atom. The van der Waals surface area contributed by atoms with Gasteiger partial charge < -0.3 is 15.2 Å². The lowest BCUT2D eigenvalue weighted by atomic mass is 9.89. The number of hydrogen-bond donors (Lipinski definition) is 2. The minimum absolute atomic E-state index is 0.106. The summed E-state index contributed by atoms with van der Waals surface area (Å²) in [5.41, 5.74) is 1.78. The number of para-hydroxylation sites is 1. The maximum Gasteiger partial charge on any atom is 0.416 e. The Hall–Kier alpha value is -2.35. The lowest BCUT2D eigenvalue weighted by molar-refractivity contribution is -0.137. The molecule has 1 atom stereocenters. The fraction of sp³-hybridized carbons (Fsp3) is 0.318. The van der Waals surface area contributed by atoms with E-state index in [1.165, 1.54) is 19.2 Å². The Labute approximate surface area is 176 Å². The summed E-state index contributed by atoms with van der Waals surface area (Å²) in [7, 11) is 1.47. The summed E-state index contributed by atoms with van der Waals surface area (Å²) in [6.07, 6.45) is -4.79. The fourth-order valence-electron chi connectivity index (χ4n) is 3.65. The van der Waals surface area contributed by atoms with Crippen molar-refractivity contribution in [1.82, 2.24) is 10.3 Å². The Morgan fingerprint density at radius 1 is 1.20 bits per heavy atom. The number of aliphatic hydroxyl groups excluding tert-OH is 1. The number of fused-ring (bicyclic) bond motifs is 1. The molecule has 0 bridgehead atoms. The molecule has 1 aliphatic heterocycles. The van der Waals surface area contributed by atoms with Crippen molar-refractivity contribution in [3.63, 3.8) is 0 Å². The molecule has 0 aliphatic carbocycles. The van der Waals surface area contributed by atoms with Crippen molar-refractivity contribution in [2.45, 2.75) is 18.7 Å². The van der Waals surface area contributed by atoms with Gasteiger partial charge in [-0.25, -0.2) is 4.98 Å². The van der Waals surface area contributed by atoms with E-state index in [-0.39, 0.29) is 12.3 Å². The number of nitrogens with zero attached hydrogens (tertiary/aromatic N) is 1. The van der Waals surface area contributed by atoms with Gasteiger partial charge in [0.25, 0.3) is 0 Å². The van der Waals surface area contributed by atoms with Crippen LogP contribution in [-0.2, 0) is 12.6 Å². The highest BCUT2D eigenvalue weighted by Gasteiger charge is 2.31. The number of benzene rings is 2. The molecule has 3 aromatic rings. The van der Waals surface area contributed by atoms with Crippen LogP contribution in [0.2, 0.25) is 5.02 Å². The molecule has 1 fully saturated rings. The third-order valence-electron chi connectivity index (χ3n) is 5.47. The van der Waals surface area contributed by atoms with Gasteiger partial charge in [0.1, 0.15) is 0 Å². The minimum Gasteiger partial charge on any atom is -0.481 e. The highest BCUT2D eigenvalue weighted by Crippen LogP contribution is 2.38. The summed E-state index contributed by atoms with van der Waals surface area (Å²) < 4.78 is 43.9. The average Bonchev–Trinajstić information content (AvgIpc) is 2.68. The minimum atomic E-state index is -4.38. The van der Waals surface area contributed by atoms with Gasteiger partial charge in [-0.2, -0.15) is 13.2 Å². The van der Waals surface area contributed by atoms with Crippen molar-refractivity contribution in [1.29, 1.82) is 0 Å². The second kappa shape index (κ2) is 8.06. The largest absolute Gasteiger partial charge is 0.481 e. The van der Waals surface area contributed by atoms with Crippen LogP contribution < -0.4 is 10.1 Å². The first kappa shape index (κ1) is 20.9. The predicted molar refractivity (Wildman–Crippen MR) is 109 cm³/mol. The molecular weight excluding hydrogens is 417 g/mol. The van der Waals surface area contributed by atoms with Gasteiger partial charge in [-0.15, -0.1) is 0 Å². The van der Waals surface area contributed by atoms with Gasteiger partial charge in [0.15, 0.2) is 0 Å². The zero-order valence-corrected chi connectivity index (χ0v) is 16.9. The highest BCUT2D eigenvalue weighted by atomic mass is 35.5. The molecule has 4 nitrogen and oxygen atoms in total. The molecule has 158 valence electrons. The van der Waals surface area contributed by atoms with Crippen LogP contribution in [0.4, 0.5) is 13.2 Å². The summed E-state index contributed by atoms with van der Waals surface area (Å²) in [5, 5.41) is 15.0. The predicted octanol–water partition coefficient (Wildman–Crippen LogP) is 4.76. The Bertz CT molecular complexity index is 1070. The number of aliphatic hydroxyl groups is 1. The van der Waals surface area contributed by atoms with Crippen LogP contribution in [0.15, 0.2) is 42.5 Å². The van der Waals surface area contributed by atoms with Crippen molar-refractivity contribution in [3.8, 4) is 5.88 Å². The maximum absolute atomic E-state index is 12.8. The molecule has 0 spiro atoms. The molecule has 0 saturated carbocycles. The molecule has 4 rings (SSSR count). The van der Waals surface area contributed by atoms with Gasteiger partial charge in [0.2, 0.25) is 5.88 Å². The van der Waals surface area contributed by atoms with Crippen LogP contribution in [0.25, 0.3) is 10.9 Å². The molecule has 1 saturated heterocycles. The number of nitrogens with one attached hydrogen (secondary N) is 1. The molecule has 1 aliphatic rings. The maximum atomic E-state index is 12.8. The quantitative estimate of drug-likeness (QED) is 0.605. The molecule has 30 heavy (non-hydrogen) atoms. The number of ether oxygens (including phenoxy) is 1. The van der Waals surface area contributed by atoms with E-state index in [1.54, 1.807) is 0 Å². The Morgan fingerprint density at radius 2 is 1.90 bits per heavy atom. The fourth-order valence-corrected chi connectivity index (χ4v) is 3.95. The summed E-state index contributed by atoms with van der Waals surface area (Å²) in [6, 6.07) is 10.4. The van der Waals surface area contributed by atoms with Crippen molar-refractivity contribution in [3.05, 3.63) is 69.7 Å². The van der Waals surface area contributed by atoms with Crippen LogP contribution in [-0.4, -0.2) is 30.3 Å². The highest BCUT2D eigenvalue weighted by molar-refractivity contribution is 6.36. The molecule has 2 aromatic carbocycles. The third-order valence-corrected chi connectivity index (χ3v) is 5.91. The first-order valence-electron chi connectivity index (χ1n) is 9.49. The van der Waals surface area contributed by atoms with Crippen LogP contribution in [0, 0.1) is 5.92 Å². The van der Waals surface area contributed by atoms with E-state index in [9.17, 15) is 18.3 Å². The Balaban J connectivity index is 1.74. The number of hydrogen-bond acceptors (Lipinski definition) is 4. The number of alkyl halides is 3. The zero-order valence-electron chi connectivity index (χ0n) is 16.1. The summed E-state index contributed by atoms with van der Waals surface area (Å²) in [4.78, 5) is 4.60. The first-order chi connectivity index (χ1) is 14.3. The van der Waals surface area contributed by atoms with E-state index in [1.807, 2.05) is 18.2 Å². The van der Waals surface area contributed by atoms with Crippen LogP contribution in [0.5, 0.6) is 5.88 Å². The number of aromatic nitrogens is 1. The number of pyridine rings is 1. The molecule has 2 heterocycles. The third kappa shape index (κ3) is 3.85. The monoisotopic (exact) mass is 436 g/mol. The molecule has 0 amide bonds. The second-order valence-corrected chi connectivity index (χ2v) is 7.77. The topological polar surface area (TPSA) is 54.4 Å². The van der Waals surface area contributed by atoms with Crippen LogP contribution in [0.3, 0.4) is 0 Å². The summed E-state index contributed by atoms with van der Waals surface area (Å²) >= 11 is 6.69. The van der Waals surface area contributed by atoms with Gasteiger partial charge in [-0.3, -0.25) is 0 Å². The van der Waals surface area contributed by atoms with Crippen LogP contribution >= 0.6 is 11.6 Å². The number of rotatable bonds is 5. The SMILES string of the molecule is COc1nc2c(C(O)C3CNC3)cccc2c(Cl)c1Cc1ccc(C(F)(F)F)cc1. The van der Waals surface area contributed by atoms with Crippen LogP contribution in [0.1, 0.15) is 28.4 Å². The van der Waals surface area contributed by atoms with Crippen molar-refractivity contribution >= 4 is 22.5 Å². The van der Waals surface area contributed by atoms with Gasteiger partial charge in [0.05, 0.1) is 29.3 Å². The standard InChI is InChI=1S/C22H20ClF3N2O2/c1-30-21-17(9-12-5-7-14(8-6-12)22(24,25)26)18(23)15-3-2-4-16(19(15)28-21)20(29)13-10-27-11-13/h2-8,13,20,27,29H,9-11H2,1H3. The average molecular weight is 437 g/mol. The molecule has 1 aromatic heterocycles. The van der Waals surface area contributed by atoms with Gasteiger partial charge in [-0.05, 0) is 17.7 Å². The molecule has 1 unspecified atom stereocenters. The first-order valence-corrected chi connectivity index (χ1v) is 9.87. The summed E-state index contributed by atoms with van der Waals surface area (Å²) in [5.74, 6) is 0.396. The smallest absolute Gasteiger partial charge is 0.416 e.